The lowest BCUT2D eigenvalue weighted by atomic mass is 9.87. The van der Waals surface area contributed by atoms with Gasteiger partial charge in [-0.3, -0.25) is 0 Å². The van der Waals surface area contributed by atoms with Crippen LogP contribution in [0.25, 0.3) is 0 Å². The Morgan fingerprint density at radius 3 is 2.70 bits per heavy atom. The molecule has 2 rings (SSSR count). The summed E-state index contributed by atoms with van der Waals surface area (Å²) in [5.74, 6) is 2.37. The van der Waals surface area contributed by atoms with Crippen molar-refractivity contribution in [3.63, 3.8) is 0 Å². The second kappa shape index (κ2) is 6.94. The minimum atomic E-state index is 0.0887. The van der Waals surface area contributed by atoms with E-state index in [1.807, 2.05) is 11.8 Å². The summed E-state index contributed by atoms with van der Waals surface area (Å²) in [6.07, 6.45) is 7.06. The lowest BCUT2D eigenvalue weighted by molar-refractivity contribution is 0.312. The molecule has 1 aliphatic carbocycles. The smallest absolute Gasteiger partial charge is 0.228 e. The largest absolute Gasteiger partial charge is 0.339 e. The van der Waals surface area contributed by atoms with Gasteiger partial charge < -0.3 is 10.3 Å². The van der Waals surface area contributed by atoms with Crippen molar-refractivity contribution in [1.82, 2.24) is 10.1 Å². The molecule has 1 atom stereocenters. The van der Waals surface area contributed by atoms with Gasteiger partial charge in [-0.05, 0) is 24.7 Å². The van der Waals surface area contributed by atoms with Gasteiger partial charge in [0.2, 0.25) is 5.89 Å². The van der Waals surface area contributed by atoms with Crippen LogP contribution in [0.2, 0.25) is 0 Å². The van der Waals surface area contributed by atoms with Crippen molar-refractivity contribution in [1.29, 1.82) is 0 Å². The highest BCUT2D eigenvalue weighted by atomic mass is 32.2. The number of thioether (sulfide) groups is 1. The first kappa shape index (κ1) is 15.8. The molecule has 0 bridgehead atoms. The first-order valence-electron chi connectivity index (χ1n) is 7.61. The molecule has 1 unspecified atom stereocenters. The zero-order valence-corrected chi connectivity index (χ0v) is 13.7. The van der Waals surface area contributed by atoms with Crippen LogP contribution in [-0.2, 0) is 12.2 Å². The van der Waals surface area contributed by atoms with Crippen LogP contribution in [0.5, 0.6) is 0 Å². The SMILES string of the molecule is CC(C)(C)CC(N)Cc1nc(CSC2CCCC2)no1. The molecule has 1 aromatic rings. The predicted octanol–water partition coefficient (Wildman–Crippen LogP) is 3.55. The Labute approximate surface area is 126 Å². The van der Waals surface area contributed by atoms with Gasteiger partial charge in [0, 0.05) is 17.7 Å². The molecule has 1 fully saturated rings. The van der Waals surface area contributed by atoms with E-state index in [1.165, 1.54) is 25.7 Å². The molecular formula is C15H27N3OS. The van der Waals surface area contributed by atoms with Gasteiger partial charge in [-0.2, -0.15) is 16.7 Å². The van der Waals surface area contributed by atoms with Gasteiger partial charge in [0.1, 0.15) is 0 Å². The molecule has 20 heavy (non-hydrogen) atoms. The van der Waals surface area contributed by atoms with E-state index in [9.17, 15) is 0 Å². The lowest BCUT2D eigenvalue weighted by Gasteiger charge is -2.21. The summed E-state index contributed by atoms with van der Waals surface area (Å²) >= 11 is 1.96. The third-order valence-electron chi connectivity index (χ3n) is 3.57. The molecule has 1 heterocycles. The van der Waals surface area contributed by atoms with Crippen molar-refractivity contribution in [2.75, 3.05) is 0 Å². The summed E-state index contributed by atoms with van der Waals surface area (Å²) in [5.41, 5.74) is 6.38. The minimum absolute atomic E-state index is 0.0887. The lowest BCUT2D eigenvalue weighted by Crippen LogP contribution is -2.28. The van der Waals surface area contributed by atoms with Crippen LogP contribution < -0.4 is 5.73 Å². The summed E-state index contributed by atoms with van der Waals surface area (Å²) < 4.78 is 5.31. The summed E-state index contributed by atoms with van der Waals surface area (Å²) in [7, 11) is 0. The van der Waals surface area contributed by atoms with Crippen molar-refractivity contribution in [3.05, 3.63) is 11.7 Å². The van der Waals surface area contributed by atoms with E-state index in [0.717, 1.165) is 23.2 Å². The van der Waals surface area contributed by atoms with Gasteiger partial charge in [0.05, 0.1) is 5.75 Å². The van der Waals surface area contributed by atoms with Crippen molar-refractivity contribution < 1.29 is 4.52 Å². The topological polar surface area (TPSA) is 64.9 Å². The summed E-state index contributed by atoms with van der Waals surface area (Å²) in [6.45, 7) is 6.60. The first-order chi connectivity index (χ1) is 9.42. The van der Waals surface area contributed by atoms with Crippen LogP contribution >= 0.6 is 11.8 Å². The van der Waals surface area contributed by atoms with Crippen LogP contribution in [0.3, 0.4) is 0 Å². The number of hydrogen-bond acceptors (Lipinski definition) is 5. The highest BCUT2D eigenvalue weighted by Crippen LogP contribution is 2.31. The molecule has 4 nitrogen and oxygen atoms in total. The normalized spacial score (nSPS) is 18.6. The second-order valence-electron chi connectivity index (χ2n) is 7.05. The third-order valence-corrected chi connectivity index (χ3v) is 4.94. The number of nitrogens with zero attached hydrogens (tertiary/aromatic N) is 2. The van der Waals surface area contributed by atoms with Gasteiger partial charge >= 0.3 is 0 Å². The Balaban J connectivity index is 1.76. The number of rotatable bonds is 6. The van der Waals surface area contributed by atoms with Crippen molar-refractivity contribution in [3.8, 4) is 0 Å². The van der Waals surface area contributed by atoms with Crippen LogP contribution in [0.4, 0.5) is 0 Å². The zero-order valence-electron chi connectivity index (χ0n) is 12.9. The van der Waals surface area contributed by atoms with Gasteiger partial charge in [-0.15, -0.1) is 0 Å². The third kappa shape index (κ3) is 5.44. The van der Waals surface area contributed by atoms with Crippen LogP contribution in [0.1, 0.15) is 64.6 Å². The number of aromatic nitrogens is 2. The molecule has 1 aliphatic rings. The van der Waals surface area contributed by atoms with Gasteiger partial charge in [-0.25, -0.2) is 0 Å². The standard InChI is InChI=1S/C15H27N3OS/c1-15(2,3)9-11(16)8-14-17-13(18-19-14)10-20-12-6-4-5-7-12/h11-12H,4-10,16H2,1-3H3. The highest BCUT2D eigenvalue weighted by Gasteiger charge is 2.19. The van der Waals surface area contributed by atoms with E-state index < -0.39 is 0 Å². The van der Waals surface area contributed by atoms with Crippen LogP contribution in [0, 0.1) is 5.41 Å². The summed E-state index contributed by atoms with van der Waals surface area (Å²) in [5, 5.41) is 4.86. The molecule has 2 N–H and O–H groups in total. The Morgan fingerprint density at radius 2 is 2.05 bits per heavy atom. The van der Waals surface area contributed by atoms with E-state index >= 15 is 0 Å². The van der Waals surface area contributed by atoms with E-state index in [1.54, 1.807) is 0 Å². The first-order valence-corrected chi connectivity index (χ1v) is 8.66. The quantitative estimate of drug-likeness (QED) is 0.870. The zero-order chi connectivity index (χ0) is 14.6. The fraction of sp³-hybridized carbons (Fsp3) is 0.867. The molecule has 1 aromatic heterocycles. The maximum Gasteiger partial charge on any atom is 0.228 e. The van der Waals surface area contributed by atoms with E-state index in [0.29, 0.717) is 12.3 Å². The number of nitrogens with two attached hydrogens (primary N) is 1. The average molecular weight is 297 g/mol. The maximum absolute atomic E-state index is 6.14. The molecule has 0 saturated heterocycles. The fourth-order valence-corrected chi connectivity index (χ4v) is 3.93. The number of hydrogen-bond donors (Lipinski definition) is 1. The minimum Gasteiger partial charge on any atom is -0.339 e. The molecule has 0 radical (unpaired) electrons. The molecule has 0 spiro atoms. The molecule has 0 aliphatic heterocycles. The molecule has 5 heteroatoms. The second-order valence-corrected chi connectivity index (χ2v) is 8.34. The van der Waals surface area contributed by atoms with Gasteiger partial charge in [0.25, 0.3) is 0 Å². The monoisotopic (exact) mass is 297 g/mol. The molecule has 1 saturated carbocycles. The van der Waals surface area contributed by atoms with Gasteiger partial charge in [-0.1, -0.05) is 38.8 Å². The summed E-state index contributed by atoms with van der Waals surface area (Å²) in [4.78, 5) is 4.46. The van der Waals surface area contributed by atoms with Crippen molar-refractivity contribution >= 4 is 11.8 Å². The molecular weight excluding hydrogens is 270 g/mol. The van der Waals surface area contributed by atoms with Crippen molar-refractivity contribution in [2.24, 2.45) is 11.1 Å². The Hall–Kier alpha value is -0.550. The highest BCUT2D eigenvalue weighted by molar-refractivity contribution is 7.99. The summed E-state index contributed by atoms with van der Waals surface area (Å²) in [6, 6.07) is 0.0887. The molecule has 0 amide bonds. The van der Waals surface area contributed by atoms with Crippen LogP contribution in [-0.4, -0.2) is 21.4 Å². The van der Waals surface area contributed by atoms with E-state index in [-0.39, 0.29) is 11.5 Å². The van der Waals surface area contributed by atoms with Crippen LogP contribution in [0.15, 0.2) is 4.52 Å². The predicted molar refractivity (Wildman–Crippen MR) is 83.6 cm³/mol. The van der Waals surface area contributed by atoms with Crippen molar-refractivity contribution in [2.45, 2.75) is 76.3 Å². The average Bonchev–Trinajstić information content (AvgIpc) is 2.94. The Kier molecular flexibility index (Phi) is 5.49. The van der Waals surface area contributed by atoms with Gasteiger partial charge in [0.15, 0.2) is 5.82 Å². The fourth-order valence-electron chi connectivity index (χ4n) is 2.76. The Bertz CT molecular complexity index is 407. The Morgan fingerprint density at radius 1 is 1.35 bits per heavy atom. The molecule has 0 aromatic carbocycles. The maximum atomic E-state index is 6.14. The van der Waals surface area contributed by atoms with E-state index in [2.05, 4.69) is 30.9 Å². The molecule has 114 valence electrons. The van der Waals surface area contributed by atoms with E-state index in [4.69, 9.17) is 10.3 Å².